The summed E-state index contributed by atoms with van der Waals surface area (Å²) in [5, 5.41) is 5.03. The zero-order chi connectivity index (χ0) is 27.1. The minimum absolute atomic E-state index is 0.0629. The molecule has 1 aromatic heterocycles. The van der Waals surface area contributed by atoms with Crippen LogP contribution >= 0.6 is 0 Å². The molecule has 0 aromatic carbocycles. The molecule has 196 valence electrons. The van der Waals surface area contributed by atoms with Gasteiger partial charge in [0.05, 0.1) is 6.34 Å². The molecule has 1 aliphatic rings. The number of aliphatic imine (C=N–C) groups is 2. The Kier molecular flexibility index (Phi) is 13.3. The van der Waals surface area contributed by atoms with Gasteiger partial charge in [0.25, 0.3) is 0 Å². The Morgan fingerprint density at radius 1 is 1.31 bits per heavy atom. The largest absolute Gasteiger partial charge is 0.390 e. The Balaban J connectivity index is 0.000000426. The number of primary sulfonamides is 1. The Bertz CT molecular complexity index is 1150. The summed E-state index contributed by atoms with van der Waals surface area (Å²) in [5.74, 6) is 1.43. The van der Waals surface area contributed by atoms with Gasteiger partial charge in [0.2, 0.25) is 15.9 Å². The van der Waals surface area contributed by atoms with Gasteiger partial charge in [-0.3, -0.25) is 4.79 Å². The van der Waals surface area contributed by atoms with Gasteiger partial charge in [0.1, 0.15) is 10.7 Å². The van der Waals surface area contributed by atoms with Gasteiger partial charge >= 0.3 is 0 Å². The fraction of sp³-hybridized carbons (Fsp3) is 0.385. The third kappa shape index (κ3) is 11.9. The van der Waals surface area contributed by atoms with Crippen molar-refractivity contribution in [2.45, 2.75) is 51.9 Å². The maximum Gasteiger partial charge on any atom is 0.239 e. The molecular weight excluding hydrogens is 476 g/mol. The van der Waals surface area contributed by atoms with E-state index < -0.39 is 10.0 Å². The van der Waals surface area contributed by atoms with Gasteiger partial charge in [0, 0.05) is 33.1 Å². The van der Waals surface area contributed by atoms with Crippen molar-refractivity contribution < 1.29 is 13.2 Å². The van der Waals surface area contributed by atoms with Crippen molar-refractivity contribution in [3.05, 3.63) is 65.9 Å². The molecule has 0 spiro atoms. The predicted octanol–water partition coefficient (Wildman–Crippen LogP) is 4.04. The van der Waals surface area contributed by atoms with Gasteiger partial charge in [-0.2, -0.15) is 0 Å². The molecule has 9 nitrogen and oxygen atoms in total. The number of amidine groups is 1. The molecule has 1 amide bonds. The number of allylic oxidation sites excluding steroid dienone is 6. The summed E-state index contributed by atoms with van der Waals surface area (Å²) < 4.78 is 22.4. The van der Waals surface area contributed by atoms with Gasteiger partial charge in [0.15, 0.2) is 5.82 Å². The van der Waals surface area contributed by atoms with Gasteiger partial charge in [-0.25, -0.2) is 28.5 Å². The molecule has 36 heavy (non-hydrogen) atoms. The predicted molar refractivity (Wildman–Crippen MR) is 148 cm³/mol. The smallest absolute Gasteiger partial charge is 0.239 e. The average molecular weight is 515 g/mol. The Labute approximate surface area is 215 Å². The van der Waals surface area contributed by atoms with E-state index in [2.05, 4.69) is 46.2 Å². The molecule has 1 heterocycles. The summed E-state index contributed by atoms with van der Waals surface area (Å²) in [5.41, 5.74) is 7.75. The van der Waals surface area contributed by atoms with Gasteiger partial charge < -0.3 is 10.6 Å². The second-order valence-electron chi connectivity index (χ2n) is 8.29. The minimum atomic E-state index is -3.77. The Morgan fingerprint density at radius 2 is 2.03 bits per heavy atom. The van der Waals surface area contributed by atoms with Crippen LogP contribution in [0.5, 0.6) is 0 Å². The standard InChI is InChI=1S/C15H19N5O2S.C11H19NO/c1-11-3-2-4-12(7-11)8-15(19-10-16)20-14-6-5-13(9-18-14)23(17,21)22;1-5-7-11(6-2)8-9-12(4)10(3)13/h2,4-7,9-11H,3,8H2,1H3,(H2,17,21,22)(H2,16,18,19,20);5-7H,8-9H2,1-4H3/b;7-5-,11-6+. The first-order valence-electron chi connectivity index (χ1n) is 11.7. The van der Waals surface area contributed by atoms with Crippen LogP contribution in [0.1, 0.15) is 47.0 Å². The fourth-order valence-corrected chi connectivity index (χ4v) is 3.61. The molecule has 0 saturated carbocycles. The molecule has 0 saturated heterocycles. The lowest BCUT2D eigenvalue weighted by Gasteiger charge is -2.14. The van der Waals surface area contributed by atoms with E-state index in [0.717, 1.165) is 25.0 Å². The number of aromatic nitrogens is 1. The second-order valence-corrected chi connectivity index (χ2v) is 9.85. The zero-order valence-electron chi connectivity index (χ0n) is 21.8. The molecule has 1 aliphatic carbocycles. The quantitative estimate of drug-likeness (QED) is 0.306. The van der Waals surface area contributed by atoms with Crippen LogP contribution in [0, 0.1) is 5.92 Å². The Hall–Kier alpha value is -3.37. The molecule has 1 unspecified atom stereocenters. The number of carbonyl (C=O) groups excluding carboxylic acids is 1. The van der Waals surface area contributed by atoms with Crippen molar-refractivity contribution in [1.29, 1.82) is 0 Å². The molecule has 1 atom stereocenters. The highest BCUT2D eigenvalue weighted by Crippen LogP contribution is 2.20. The number of carbonyl (C=O) groups is 1. The number of hydrogen-bond acceptors (Lipinski definition) is 5. The highest BCUT2D eigenvalue weighted by atomic mass is 32.2. The highest BCUT2D eigenvalue weighted by molar-refractivity contribution is 7.89. The number of amides is 1. The first-order valence-corrected chi connectivity index (χ1v) is 13.2. The lowest BCUT2D eigenvalue weighted by atomic mass is 9.96. The maximum atomic E-state index is 11.2. The fourth-order valence-electron chi connectivity index (χ4n) is 3.15. The molecule has 10 heteroatoms. The van der Waals surface area contributed by atoms with Crippen LogP contribution in [-0.4, -0.2) is 50.0 Å². The summed E-state index contributed by atoms with van der Waals surface area (Å²) in [4.78, 5) is 24.9. The lowest BCUT2D eigenvalue weighted by Crippen LogP contribution is -2.24. The number of rotatable bonds is 8. The van der Waals surface area contributed by atoms with Gasteiger partial charge in [-0.15, -0.1) is 0 Å². The van der Waals surface area contributed by atoms with Crippen molar-refractivity contribution in [3.8, 4) is 0 Å². The topological polar surface area (TPSA) is 144 Å². The molecule has 0 fully saturated rings. The average Bonchev–Trinajstić information content (AvgIpc) is 2.82. The van der Waals surface area contributed by atoms with E-state index in [1.807, 2.05) is 33.0 Å². The first-order chi connectivity index (χ1) is 17.0. The normalized spacial score (nSPS) is 16.6. The Morgan fingerprint density at radius 3 is 2.53 bits per heavy atom. The van der Waals surface area contributed by atoms with Crippen LogP contribution < -0.4 is 10.9 Å². The number of nitrogens with two attached hydrogens (primary N) is 2. The third-order valence-electron chi connectivity index (χ3n) is 5.24. The monoisotopic (exact) mass is 514 g/mol. The van der Waals surface area contributed by atoms with Crippen LogP contribution in [0.25, 0.3) is 0 Å². The van der Waals surface area contributed by atoms with Crippen LogP contribution in [-0.2, 0) is 14.8 Å². The minimum Gasteiger partial charge on any atom is -0.390 e. The summed E-state index contributed by atoms with van der Waals surface area (Å²) in [6, 6.07) is 2.83. The molecule has 0 bridgehead atoms. The van der Waals surface area contributed by atoms with Crippen molar-refractivity contribution in [2.24, 2.45) is 26.8 Å². The van der Waals surface area contributed by atoms with Gasteiger partial charge in [-0.05, 0) is 50.3 Å². The summed E-state index contributed by atoms with van der Waals surface area (Å²) in [6.07, 6.45) is 17.3. The van der Waals surface area contributed by atoms with E-state index in [1.165, 1.54) is 30.2 Å². The zero-order valence-corrected chi connectivity index (χ0v) is 22.6. The van der Waals surface area contributed by atoms with Crippen molar-refractivity contribution in [2.75, 3.05) is 13.6 Å². The van der Waals surface area contributed by atoms with E-state index >= 15 is 0 Å². The lowest BCUT2D eigenvalue weighted by molar-refractivity contribution is -0.127. The van der Waals surface area contributed by atoms with Crippen molar-refractivity contribution >= 4 is 33.9 Å². The molecule has 0 aliphatic heterocycles. The van der Waals surface area contributed by atoms with Gasteiger partial charge in [-0.1, -0.05) is 49.0 Å². The van der Waals surface area contributed by atoms with E-state index in [9.17, 15) is 13.2 Å². The highest BCUT2D eigenvalue weighted by Gasteiger charge is 2.10. The van der Waals surface area contributed by atoms with Crippen LogP contribution in [0.4, 0.5) is 5.82 Å². The molecular formula is C26H38N6O3S. The summed E-state index contributed by atoms with van der Waals surface area (Å²) in [6.45, 7) is 8.53. The molecule has 1 aromatic rings. The second kappa shape index (κ2) is 15.6. The van der Waals surface area contributed by atoms with E-state index in [-0.39, 0.29) is 10.8 Å². The third-order valence-corrected chi connectivity index (χ3v) is 6.14. The molecule has 2 rings (SSSR count). The number of pyridine rings is 1. The number of sulfonamides is 1. The maximum absolute atomic E-state index is 11.2. The molecule has 4 N–H and O–H groups in total. The summed E-state index contributed by atoms with van der Waals surface area (Å²) in [7, 11) is -1.94. The van der Waals surface area contributed by atoms with E-state index in [0.29, 0.717) is 24.0 Å². The van der Waals surface area contributed by atoms with Crippen LogP contribution in [0.3, 0.4) is 0 Å². The summed E-state index contributed by atoms with van der Waals surface area (Å²) >= 11 is 0. The van der Waals surface area contributed by atoms with E-state index in [4.69, 9.17) is 10.9 Å². The first kappa shape index (κ1) is 30.7. The van der Waals surface area contributed by atoms with E-state index in [1.54, 1.807) is 11.8 Å². The molecule has 0 radical (unpaired) electrons. The van der Waals surface area contributed by atoms with Crippen molar-refractivity contribution in [1.82, 2.24) is 9.88 Å². The SMILES string of the molecule is C/C=C\C(=C/C)CCN(C)C(C)=O.CC1C=C(CC(N=CN)=Nc2ccc(S(N)(=O)=O)cn2)C=CC1. The van der Waals surface area contributed by atoms with Crippen LogP contribution in [0.15, 0.2) is 80.8 Å². The van der Waals surface area contributed by atoms with Crippen molar-refractivity contribution in [3.63, 3.8) is 0 Å². The number of nitrogens with zero attached hydrogens (tertiary/aromatic N) is 4. The number of hydrogen-bond donors (Lipinski definition) is 2. The van der Waals surface area contributed by atoms with Crippen LogP contribution in [0.2, 0.25) is 0 Å².